The number of nitrogens with zero attached hydrogens (tertiary/aromatic N) is 2. The first-order chi connectivity index (χ1) is 10.7. The van der Waals surface area contributed by atoms with Crippen LogP contribution in [0.1, 0.15) is 67.6 Å². The lowest BCUT2D eigenvalue weighted by Gasteiger charge is -2.23. The first-order valence-electron chi connectivity index (χ1n) is 8.72. The minimum absolute atomic E-state index is 0.0826. The first kappa shape index (κ1) is 14.2. The third kappa shape index (κ3) is 2.78. The lowest BCUT2D eigenvalue weighted by molar-refractivity contribution is 0.0921. The van der Waals surface area contributed by atoms with Gasteiger partial charge >= 0.3 is 0 Å². The van der Waals surface area contributed by atoms with Crippen molar-refractivity contribution in [1.82, 2.24) is 15.4 Å². The summed E-state index contributed by atoms with van der Waals surface area (Å²) in [6.45, 7) is 4.31. The summed E-state index contributed by atoms with van der Waals surface area (Å²) < 4.78 is 5.28. The van der Waals surface area contributed by atoms with Gasteiger partial charge in [0.25, 0.3) is 5.91 Å². The van der Waals surface area contributed by atoms with Crippen LogP contribution < -0.4 is 5.32 Å². The molecule has 0 aromatic carbocycles. The van der Waals surface area contributed by atoms with Crippen LogP contribution in [0.25, 0.3) is 0 Å². The number of carbonyl (C=O) groups excluding carboxylic acids is 1. The summed E-state index contributed by atoms with van der Waals surface area (Å²) in [7, 11) is 0. The van der Waals surface area contributed by atoms with Crippen molar-refractivity contribution in [3.8, 4) is 0 Å². The summed E-state index contributed by atoms with van der Waals surface area (Å²) in [6, 6.07) is 2.79. The quantitative estimate of drug-likeness (QED) is 0.928. The highest BCUT2D eigenvalue weighted by atomic mass is 16.5. The van der Waals surface area contributed by atoms with Crippen molar-refractivity contribution in [2.24, 2.45) is 5.92 Å². The van der Waals surface area contributed by atoms with E-state index < -0.39 is 0 Å². The molecule has 0 radical (unpaired) electrons. The first-order valence-corrected chi connectivity index (χ1v) is 8.72. The second kappa shape index (κ2) is 5.69. The Bertz CT molecular complexity index is 546. The van der Waals surface area contributed by atoms with E-state index in [-0.39, 0.29) is 11.9 Å². The molecule has 5 heteroatoms. The maximum absolute atomic E-state index is 12.4. The van der Waals surface area contributed by atoms with E-state index in [1.807, 2.05) is 6.07 Å². The molecule has 3 aliphatic rings. The number of carbonyl (C=O) groups is 1. The number of likely N-dealkylation sites (tertiary alicyclic amines) is 1. The topological polar surface area (TPSA) is 58.4 Å². The number of rotatable bonds is 4. The second-order valence-corrected chi connectivity index (χ2v) is 7.34. The molecule has 0 bridgehead atoms. The van der Waals surface area contributed by atoms with Crippen molar-refractivity contribution in [2.45, 2.75) is 63.5 Å². The van der Waals surface area contributed by atoms with E-state index in [0.717, 1.165) is 37.7 Å². The number of aromatic nitrogens is 1. The Morgan fingerprint density at radius 3 is 2.77 bits per heavy atom. The predicted octanol–water partition coefficient (Wildman–Crippen LogP) is 2.54. The van der Waals surface area contributed by atoms with Crippen molar-refractivity contribution < 1.29 is 9.32 Å². The average Bonchev–Trinajstić information content (AvgIpc) is 2.96. The SMILES string of the molecule is CC1CN(C2CCCC2)CC1NC(=O)c1cc(C2CC2)on1. The molecule has 5 nitrogen and oxygen atoms in total. The lowest BCUT2D eigenvalue weighted by Crippen LogP contribution is -2.41. The van der Waals surface area contributed by atoms with Crippen molar-refractivity contribution in [2.75, 3.05) is 13.1 Å². The highest BCUT2D eigenvalue weighted by Crippen LogP contribution is 2.40. The van der Waals surface area contributed by atoms with Crippen LogP contribution in [0.2, 0.25) is 0 Å². The average molecular weight is 303 g/mol. The molecule has 1 saturated heterocycles. The van der Waals surface area contributed by atoms with Crippen LogP contribution in [0.3, 0.4) is 0 Å². The van der Waals surface area contributed by atoms with Gasteiger partial charge in [0.05, 0.1) is 0 Å². The number of hydrogen-bond donors (Lipinski definition) is 1. The molecular formula is C17H25N3O2. The van der Waals surface area contributed by atoms with Gasteiger partial charge < -0.3 is 9.84 Å². The Morgan fingerprint density at radius 1 is 1.27 bits per heavy atom. The number of nitrogens with one attached hydrogen (secondary N) is 1. The molecule has 1 aliphatic heterocycles. The smallest absolute Gasteiger partial charge is 0.273 e. The van der Waals surface area contributed by atoms with Crippen LogP contribution >= 0.6 is 0 Å². The van der Waals surface area contributed by atoms with E-state index >= 15 is 0 Å². The standard InChI is InChI=1S/C17H25N3O2/c1-11-9-20(13-4-2-3-5-13)10-15(11)18-17(21)14-8-16(22-19-14)12-6-7-12/h8,11-13,15H,2-7,9-10H2,1H3,(H,18,21). The summed E-state index contributed by atoms with van der Waals surface area (Å²) in [5.74, 6) is 1.79. The van der Waals surface area contributed by atoms with Crippen LogP contribution in [0.4, 0.5) is 0 Å². The molecule has 1 amide bonds. The van der Waals surface area contributed by atoms with Gasteiger partial charge in [0, 0.05) is 37.2 Å². The van der Waals surface area contributed by atoms with E-state index in [2.05, 4.69) is 22.3 Å². The molecule has 22 heavy (non-hydrogen) atoms. The molecule has 2 heterocycles. The third-order valence-electron chi connectivity index (χ3n) is 5.54. The van der Waals surface area contributed by atoms with Crippen LogP contribution in [0.15, 0.2) is 10.6 Å². The van der Waals surface area contributed by atoms with Gasteiger partial charge in [-0.05, 0) is 31.6 Å². The fourth-order valence-electron chi connectivity index (χ4n) is 3.96. The van der Waals surface area contributed by atoms with Crippen molar-refractivity contribution in [3.63, 3.8) is 0 Å². The molecule has 1 aromatic heterocycles. The Labute approximate surface area is 131 Å². The van der Waals surface area contributed by atoms with Gasteiger partial charge in [-0.25, -0.2) is 0 Å². The molecule has 4 rings (SSSR count). The minimum Gasteiger partial charge on any atom is -0.360 e. The Balaban J connectivity index is 1.36. The summed E-state index contributed by atoms with van der Waals surface area (Å²) in [4.78, 5) is 14.9. The lowest BCUT2D eigenvalue weighted by atomic mass is 10.1. The predicted molar refractivity (Wildman–Crippen MR) is 82.7 cm³/mol. The van der Waals surface area contributed by atoms with Crippen LogP contribution in [-0.2, 0) is 0 Å². The van der Waals surface area contributed by atoms with Gasteiger partial charge in [-0.3, -0.25) is 9.69 Å². The summed E-state index contributed by atoms with van der Waals surface area (Å²) in [5.41, 5.74) is 0.438. The van der Waals surface area contributed by atoms with E-state index in [1.165, 1.54) is 25.7 Å². The van der Waals surface area contributed by atoms with Gasteiger partial charge in [-0.2, -0.15) is 0 Å². The van der Waals surface area contributed by atoms with Gasteiger partial charge in [-0.15, -0.1) is 0 Å². The maximum atomic E-state index is 12.4. The molecule has 2 aliphatic carbocycles. The third-order valence-corrected chi connectivity index (χ3v) is 5.54. The molecule has 2 atom stereocenters. The Morgan fingerprint density at radius 2 is 2.05 bits per heavy atom. The number of amides is 1. The van der Waals surface area contributed by atoms with E-state index in [0.29, 0.717) is 17.5 Å². The van der Waals surface area contributed by atoms with Crippen LogP contribution in [-0.4, -0.2) is 41.1 Å². The van der Waals surface area contributed by atoms with E-state index in [1.54, 1.807) is 0 Å². The van der Waals surface area contributed by atoms with E-state index in [9.17, 15) is 4.79 Å². The Kier molecular flexibility index (Phi) is 3.68. The van der Waals surface area contributed by atoms with E-state index in [4.69, 9.17) is 4.52 Å². The summed E-state index contributed by atoms with van der Waals surface area (Å²) in [6.07, 6.45) is 7.67. The number of hydrogen-bond acceptors (Lipinski definition) is 4. The minimum atomic E-state index is -0.0826. The summed E-state index contributed by atoms with van der Waals surface area (Å²) >= 11 is 0. The Hall–Kier alpha value is -1.36. The van der Waals surface area contributed by atoms with Crippen molar-refractivity contribution in [3.05, 3.63) is 17.5 Å². The molecule has 2 saturated carbocycles. The highest BCUT2D eigenvalue weighted by molar-refractivity contribution is 5.92. The van der Waals surface area contributed by atoms with Gasteiger partial charge in [-0.1, -0.05) is 24.9 Å². The van der Waals surface area contributed by atoms with Crippen molar-refractivity contribution >= 4 is 5.91 Å². The molecule has 2 unspecified atom stereocenters. The molecular weight excluding hydrogens is 278 g/mol. The molecule has 1 N–H and O–H groups in total. The monoisotopic (exact) mass is 303 g/mol. The van der Waals surface area contributed by atoms with Gasteiger partial charge in [0.1, 0.15) is 5.76 Å². The normalized spacial score (nSPS) is 30.0. The molecule has 120 valence electrons. The largest absolute Gasteiger partial charge is 0.360 e. The molecule has 3 fully saturated rings. The molecule has 0 spiro atoms. The fourth-order valence-corrected chi connectivity index (χ4v) is 3.96. The van der Waals surface area contributed by atoms with Crippen molar-refractivity contribution in [1.29, 1.82) is 0 Å². The zero-order chi connectivity index (χ0) is 15.1. The van der Waals surface area contributed by atoms with Crippen LogP contribution in [0.5, 0.6) is 0 Å². The van der Waals surface area contributed by atoms with Gasteiger partial charge in [0.15, 0.2) is 5.69 Å². The maximum Gasteiger partial charge on any atom is 0.273 e. The van der Waals surface area contributed by atoms with Crippen LogP contribution in [0, 0.1) is 5.92 Å². The summed E-state index contributed by atoms with van der Waals surface area (Å²) in [5, 5.41) is 7.11. The molecule has 1 aromatic rings. The van der Waals surface area contributed by atoms with Gasteiger partial charge in [0.2, 0.25) is 0 Å². The fraction of sp³-hybridized carbons (Fsp3) is 0.765. The zero-order valence-corrected chi connectivity index (χ0v) is 13.3. The zero-order valence-electron chi connectivity index (χ0n) is 13.3. The highest BCUT2D eigenvalue weighted by Gasteiger charge is 2.36. The second-order valence-electron chi connectivity index (χ2n) is 7.34.